The number of unbranched alkanes of at least 4 members (excludes halogenated alkanes) is 28. The zero-order chi connectivity index (χ0) is 35.9. The van der Waals surface area contributed by atoms with Gasteiger partial charge in [0.05, 0.1) is 37.6 Å². The molecule has 0 aromatic carbocycles. The van der Waals surface area contributed by atoms with Crippen LogP contribution in [0.15, 0.2) is 0 Å². The third-order valence-corrected chi connectivity index (χ3v) is 10.2. The number of hydrogen-bond donors (Lipinski definition) is 6. The zero-order valence-electron chi connectivity index (χ0n) is 32.3. The van der Waals surface area contributed by atoms with Crippen molar-refractivity contribution in [3.05, 3.63) is 0 Å². The Balaban J connectivity index is 3.12. The van der Waals surface area contributed by atoms with Crippen LogP contribution in [0.25, 0.3) is 0 Å². The average Bonchev–Trinajstić information content (AvgIpc) is 3.09. The smallest absolute Gasteiger partial charge is 0.0795 e. The molecule has 7 heteroatoms. The van der Waals surface area contributed by atoms with Crippen LogP contribution in [0, 0.1) is 0 Å². The molecule has 0 saturated heterocycles. The van der Waals surface area contributed by atoms with Crippen molar-refractivity contribution in [3.63, 3.8) is 0 Å². The van der Waals surface area contributed by atoms with E-state index in [-0.39, 0.29) is 26.1 Å². The van der Waals surface area contributed by atoms with Crippen molar-refractivity contribution in [1.82, 2.24) is 0 Å². The van der Waals surface area contributed by atoms with Crippen molar-refractivity contribution in [2.24, 2.45) is 0 Å². The molecule has 0 aliphatic rings. The monoisotopic (exact) mass is 703 g/mol. The Morgan fingerprint density at radius 3 is 0.694 bits per heavy atom. The van der Waals surface area contributed by atoms with Gasteiger partial charge in [-0.15, -0.1) is 0 Å². The van der Waals surface area contributed by atoms with Gasteiger partial charge in [0.2, 0.25) is 0 Å². The molecular weight excluding hydrogens is 616 g/mol. The zero-order valence-corrected chi connectivity index (χ0v) is 32.3. The molecular formula is C42H86O7. The highest BCUT2D eigenvalue weighted by atomic mass is 16.5. The van der Waals surface area contributed by atoms with Crippen LogP contribution in [0.2, 0.25) is 0 Å². The number of hydrogen-bond acceptors (Lipinski definition) is 7. The van der Waals surface area contributed by atoms with Crippen LogP contribution in [0.3, 0.4) is 0 Å². The predicted octanol–water partition coefficient (Wildman–Crippen LogP) is 9.69. The van der Waals surface area contributed by atoms with Gasteiger partial charge in [-0.1, -0.05) is 180 Å². The summed E-state index contributed by atoms with van der Waals surface area (Å²) >= 11 is 0. The fraction of sp³-hybridized carbons (Fsp3) is 1.00. The third kappa shape index (κ3) is 40.4. The Morgan fingerprint density at radius 1 is 0.265 bits per heavy atom. The molecule has 4 atom stereocenters. The van der Waals surface area contributed by atoms with Crippen LogP contribution in [0.5, 0.6) is 0 Å². The molecule has 0 amide bonds. The summed E-state index contributed by atoms with van der Waals surface area (Å²) in [5.41, 5.74) is 0. The van der Waals surface area contributed by atoms with Gasteiger partial charge in [0.15, 0.2) is 0 Å². The number of aliphatic hydroxyl groups is 6. The van der Waals surface area contributed by atoms with Crippen molar-refractivity contribution in [1.29, 1.82) is 0 Å². The van der Waals surface area contributed by atoms with Gasteiger partial charge in [-0.3, -0.25) is 0 Å². The standard InChI is InChI=1S/C42H86O7/c43-37-41(47)35-39(45)31-27-23-19-15-11-7-3-1-5-9-13-17-21-25-29-33-49-34-30-26-22-18-14-10-6-2-4-8-12-16-20-24-28-32-40(46)36-42(48)38-44/h39-48H,1-38H2. The number of aliphatic hydroxyl groups excluding tert-OH is 6. The SMILES string of the molecule is OCC(O)CC(O)CCCCCCCCCCCCCCCCCOCCCCCCCCCCCCCCCCCC(O)CC(O)CO. The van der Waals surface area contributed by atoms with Crippen molar-refractivity contribution in [2.45, 2.75) is 243 Å². The predicted molar refractivity (Wildman–Crippen MR) is 206 cm³/mol. The highest BCUT2D eigenvalue weighted by Crippen LogP contribution is 2.17. The topological polar surface area (TPSA) is 131 Å². The van der Waals surface area contributed by atoms with Crippen molar-refractivity contribution >= 4 is 0 Å². The average molecular weight is 703 g/mol. The van der Waals surface area contributed by atoms with E-state index in [0.717, 1.165) is 51.7 Å². The molecule has 0 spiro atoms. The van der Waals surface area contributed by atoms with Crippen LogP contribution in [0.1, 0.15) is 218 Å². The van der Waals surface area contributed by atoms with Gasteiger partial charge in [-0.05, 0) is 25.7 Å². The van der Waals surface area contributed by atoms with Gasteiger partial charge in [0, 0.05) is 26.1 Å². The van der Waals surface area contributed by atoms with Crippen LogP contribution in [0.4, 0.5) is 0 Å². The minimum absolute atomic E-state index is 0.264. The van der Waals surface area contributed by atoms with Gasteiger partial charge in [0.25, 0.3) is 0 Å². The summed E-state index contributed by atoms with van der Waals surface area (Å²) in [5, 5.41) is 55.9. The Bertz CT molecular complexity index is 558. The molecule has 0 aliphatic carbocycles. The van der Waals surface area contributed by atoms with E-state index >= 15 is 0 Å². The maximum absolute atomic E-state index is 9.80. The van der Waals surface area contributed by atoms with Gasteiger partial charge in [0.1, 0.15) is 0 Å². The molecule has 0 fully saturated rings. The number of rotatable bonds is 42. The van der Waals surface area contributed by atoms with Crippen LogP contribution in [-0.4, -0.2) is 81.5 Å². The van der Waals surface area contributed by atoms with Crippen molar-refractivity contribution in [2.75, 3.05) is 26.4 Å². The highest BCUT2D eigenvalue weighted by molar-refractivity contribution is 4.64. The highest BCUT2D eigenvalue weighted by Gasteiger charge is 2.11. The normalized spacial score (nSPS) is 14.3. The van der Waals surface area contributed by atoms with Crippen molar-refractivity contribution < 1.29 is 35.4 Å². The molecule has 6 N–H and O–H groups in total. The minimum atomic E-state index is -0.783. The second kappa shape index (κ2) is 40.5. The fourth-order valence-electron chi connectivity index (χ4n) is 6.88. The Hall–Kier alpha value is -0.280. The molecule has 0 bridgehead atoms. The molecule has 0 aromatic rings. The van der Waals surface area contributed by atoms with E-state index in [1.165, 1.54) is 167 Å². The molecule has 49 heavy (non-hydrogen) atoms. The molecule has 0 aromatic heterocycles. The molecule has 0 saturated carbocycles. The summed E-state index contributed by atoms with van der Waals surface area (Å²) < 4.78 is 5.87. The minimum Gasteiger partial charge on any atom is -0.394 e. The molecule has 296 valence electrons. The summed E-state index contributed by atoms with van der Waals surface area (Å²) in [5.74, 6) is 0. The van der Waals surface area contributed by atoms with E-state index in [1.54, 1.807) is 0 Å². The molecule has 0 rings (SSSR count). The van der Waals surface area contributed by atoms with E-state index in [9.17, 15) is 20.4 Å². The van der Waals surface area contributed by atoms with Gasteiger partial charge in [-0.25, -0.2) is 0 Å². The maximum atomic E-state index is 9.80. The van der Waals surface area contributed by atoms with Crippen LogP contribution in [-0.2, 0) is 4.74 Å². The Labute approximate surface area is 304 Å². The van der Waals surface area contributed by atoms with Crippen LogP contribution < -0.4 is 0 Å². The largest absolute Gasteiger partial charge is 0.394 e. The lowest BCUT2D eigenvalue weighted by Crippen LogP contribution is -2.20. The quantitative estimate of drug-likeness (QED) is 0.0349. The van der Waals surface area contributed by atoms with Gasteiger partial charge in [-0.2, -0.15) is 0 Å². The summed E-state index contributed by atoms with van der Waals surface area (Å²) in [6, 6.07) is 0. The second-order valence-electron chi connectivity index (χ2n) is 15.2. The molecule has 0 heterocycles. The Kier molecular flexibility index (Phi) is 40.3. The first-order valence-corrected chi connectivity index (χ1v) is 21.5. The lowest BCUT2D eigenvalue weighted by molar-refractivity contribution is 0.0377. The third-order valence-electron chi connectivity index (χ3n) is 10.2. The number of ether oxygens (including phenoxy) is 1. The lowest BCUT2D eigenvalue weighted by atomic mass is 10.0. The van der Waals surface area contributed by atoms with Gasteiger partial charge >= 0.3 is 0 Å². The fourth-order valence-corrected chi connectivity index (χ4v) is 6.88. The molecule has 4 unspecified atom stereocenters. The van der Waals surface area contributed by atoms with Crippen LogP contribution >= 0.6 is 0 Å². The maximum Gasteiger partial charge on any atom is 0.0795 e. The van der Waals surface area contributed by atoms with E-state index in [4.69, 9.17) is 14.9 Å². The van der Waals surface area contributed by atoms with E-state index in [1.807, 2.05) is 0 Å². The van der Waals surface area contributed by atoms with E-state index < -0.39 is 24.4 Å². The molecule has 0 radical (unpaired) electrons. The van der Waals surface area contributed by atoms with Gasteiger partial charge < -0.3 is 35.4 Å². The summed E-state index contributed by atoms with van der Waals surface area (Å²) in [4.78, 5) is 0. The van der Waals surface area contributed by atoms with E-state index in [0.29, 0.717) is 0 Å². The van der Waals surface area contributed by atoms with Crippen molar-refractivity contribution in [3.8, 4) is 0 Å². The Morgan fingerprint density at radius 2 is 0.469 bits per heavy atom. The second-order valence-corrected chi connectivity index (χ2v) is 15.2. The summed E-state index contributed by atoms with van der Waals surface area (Å²) in [6.45, 7) is 1.36. The first-order chi connectivity index (χ1) is 24.0. The molecule has 0 aliphatic heterocycles. The first kappa shape index (κ1) is 48.7. The van der Waals surface area contributed by atoms with E-state index in [2.05, 4.69) is 0 Å². The summed E-state index contributed by atoms with van der Waals surface area (Å²) in [7, 11) is 0. The first-order valence-electron chi connectivity index (χ1n) is 21.5. The summed E-state index contributed by atoms with van der Waals surface area (Å²) in [6.07, 6.45) is 38.7. The lowest BCUT2D eigenvalue weighted by Gasteiger charge is -2.13. The molecule has 7 nitrogen and oxygen atoms in total.